The average molecular weight is 483 g/mol. The van der Waals surface area contributed by atoms with Gasteiger partial charge in [0, 0.05) is 6.54 Å². The zero-order valence-electron chi connectivity index (χ0n) is 19.0. The SMILES string of the molecule is CCCN(C(=O)COC(=O)CNC(=O)c1ccco1)c1c(N)n(Cc2ccccc2)c(=O)[nH]c1=O. The summed E-state index contributed by atoms with van der Waals surface area (Å²) >= 11 is 0. The number of amides is 2. The number of aromatic amines is 1. The van der Waals surface area contributed by atoms with E-state index in [2.05, 4.69) is 10.3 Å². The Balaban J connectivity index is 1.73. The van der Waals surface area contributed by atoms with Gasteiger partial charge in [0.15, 0.2) is 18.1 Å². The van der Waals surface area contributed by atoms with Crippen LogP contribution in [0.5, 0.6) is 0 Å². The van der Waals surface area contributed by atoms with Crippen LogP contribution in [0.25, 0.3) is 0 Å². The molecular formula is C23H25N5O7. The maximum atomic E-state index is 12.9. The van der Waals surface area contributed by atoms with Gasteiger partial charge in [-0.15, -0.1) is 0 Å². The van der Waals surface area contributed by atoms with Crippen LogP contribution in [0.1, 0.15) is 29.5 Å². The van der Waals surface area contributed by atoms with E-state index in [9.17, 15) is 24.0 Å². The van der Waals surface area contributed by atoms with Crippen LogP contribution in [0.2, 0.25) is 0 Å². The fourth-order valence-corrected chi connectivity index (χ4v) is 3.26. The van der Waals surface area contributed by atoms with Crippen molar-refractivity contribution in [1.29, 1.82) is 0 Å². The quantitative estimate of drug-likeness (QED) is 0.350. The first-order valence-corrected chi connectivity index (χ1v) is 10.8. The number of rotatable bonds is 10. The van der Waals surface area contributed by atoms with E-state index in [1.165, 1.54) is 18.4 Å². The third-order valence-electron chi connectivity index (χ3n) is 4.91. The van der Waals surface area contributed by atoms with Crippen molar-refractivity contribution in [2.24, 2.45) is 0 Å². The number of carbonyl (C=O) groups excluding carboxylic acids is 3. The van der Waals surface area contributed by atoms with Gasteiger partial charge < -0.3 is 25.1 Å². The molecule has 0 fully saturated rings. The summed E-state index contributed by atoms with van der Waals surface area (Å²) in [5.41, 5.74) is 5.16. The highest BCUT2D eigenvalue weighted by Crippen LogP contribution is 2.18. The summed E-state index contributed by atoms with van der Waals surface area (Å²) in [7, 11) is 0. The van der Waals surface area contributed by atoms with Gasteiger partial charge in [-0.25, -0.2) is 4.79 Å². The van der Waals surface area contributed by atoms with Gasteiger partial charge in [0.05, 0.1) is 12.8 Å². The second kappa shape index (κ2) is 11.5. The first-order valence-electron chi connectivity index (χ1n) is 10.8. The number of nitrogen functional groups attached to an aromatic ring is 1. The molecule has 0 atom stereocenters. The van der Waals surface area contributed by atoms with Gasteiger partial charge in [0.2, 0.25) is 0 Å². The van der Waals surface area contributed by atoms with Gasteiger partial charge in [0.25, 0.3) is 17.4 Å². The molecule has 0 aliphatic rings. The number of esters is 1. The summed E-state index contributed by atoms with van der Waals surface area (Å²) in [4.78, 5) is 65.0. The molecule has 0 bridgehead atoms. The van der Waals surface area contributed by atoms with Crippen molar-refractivity contribution in [2.45, 2.75) is 19.9 Å². The molecule has 4 N–H and O–H groups in total. The van der Waals surface area contributed by atoms with E-state index in [-0.39, 0.29) is 30.4 Å². The first-order chi connectivity index (χ1) is 16.8. The number of anilines is 2. The topological polar surface area (TPSA) is 170 Å². The number of H-pyrrole nitrogens is 1. The molecule has 0 aliphatic heterocycles. The lowest BCUT2D eigenvalue weighted by Crippen LogP contribution is -2.43. The van der Waals surface area contributed by atoms with Crippen molar-refractivity contribution in [3.05, 3.63) is 80.9 Å². The van der Waals surface area contributed by atoms with Crippen molar-refractivity contribution >= 4 is 29.3 Å². The predicted octanol–water partition coefficient (Wildman–Crippen LogP) is 0.476. The smallest absolute Gasteiger partial charge is 0.330 e. The highest BCUT2D eigenvalue weighted by Gasteiger charge is 2.25. The Kier molecular flexibility index (Phi) is 8.22. The molecule has 3 rings (SSSR count). The van der Waals surface area contributed by atoms with Crippen LogP contribution in [0.15, 0.2) is 62.7 Å². The predicted molar refractivity (Wildman–Crippen MR) is 126 cm³/mol. The van der Waals surface area contributed by atoms with Crippen LogP contribution in [0.3, 0.4) is 0 Å². The maximum Gasteiger partial charge on any atom is 0.330 e. The summed E-state index contributed by atoms with van der Waals surface area (Å²) in [5.74, 6) is -2.39. The van der Waals surface area contributed by atoms with E-state index in [4.69, 9.17) is 14.9 Å². The Morgan fingerprint density at radius 1 is 1.14 bits per heavy atom. The van der Waals surface area contributed by atoms with E-state index < -0.39 is 42.2 Å². The number of carbonyl (C=O) groups is 3. The molecule has 0 unspecified atom stereocenters. The Morgan fingerprint density at radius 2 is 1.89 bits per heavy atom. The molecular weight excluding hydrogens is 458 g/mol. The van der Waals surface area contributed by atoms with E-state index in [1.54, 1.807) is 31.2 Å². The Bertz CT molecular complexity index is 1300. The zero-order valence-corrected chi connectivity index (χ0v) is 19.0. The lowest BCUT2D eigenvalue weighted by Gasteiger charge is -2.24. The largest absolute Gasteiger partial charge is 0.459 e. The lowest BCUT2D eigenvalue weighted by molar-refractivity contribution is -0.146. The Labute approximate surface area is 199 Å². The minimum atomic E-state index is -0.870. The summed E-state index contributed by atoms with van der Waals surface area (Å²) in [6.07, 6.45) is 1.76. The molecule has 2 amide bonds. The molecule has 12 nitrogen and oxygen atoms in total. The molecule has 2 heterocycles. The van der Waals surface area contributed by atoms with Crippen LogP contribution in [0, 0.1) is 0 Å². The minimum absolute atomic E-state index is 0.0170. The lowest BCUT2D eigenvalue weighted by atomic mass is 10.2. The summed E-state index contributed by atoms with van der Waals surface area (Å²) in [6, 6.07) is 11.9. The molecule has 0 spiro atoms. The third-order valence-corrected chi connectivity index (χ3v) is 4.91. The first kappa shape index (κ1) is 25.0. The van der Waals surface area contributed by atoms with Crippen molar-refractivity contribution < 1.29 is 23.5 Å². The van der Waals surface area contributed by atoms with E-state index in [0.717, 1.165) is 15.0 Å². The Hall–Kier alpha value is -4.61. The highest BCUT2D eigenvalue weighted by molar-refractivity contribution is 5.97. The van der Waals surface area contributed by atoms with Gasteiger partial charge >= 0.3 is 11.7 Å². The van der Waals surface area contributed by atoms with Crippen molar-refractivity contribution in [3.8, 4) is 0 Å². The number of ether oxygens (including phenoxy) is 1. The van der Waals surface area contributed by atoms with Crippen molar-refractivity contribution in [2.75, 3.05) is 30.3 Å². The highest BCUT2D eigenvalue weighted by atomic mass is 16.5. The van der Waals surface area contributed by atoms with Crippen LogP contribution in [0.4, 0.5) is 11.5 Å². The third kappa shape index (κ3) is 6.25. The normalized spacial score (nSPS) is 10.5. The summed E-state index contributed by atoms with van der Waals surface area (Å²) in [5, 5.41) is 2.30. The molecule has 0 radical (unpaired) electrons. The van der Waals surface area contributed by atoms with Crippen molar-refractivity contribution in [1.82, 2.24) is 14.9 Å². The molecule has 12 heteroatoms. The maximum absolute atomic E-state index is 12.9. The van der Waals surface area contributed by atoms with Gasteiger partial charge in [-0.05, 0) is 24.1 Å². The summed E-state index contributed by atoms with van der Waals surface area (Å²) < 4.78 is 11.0. The number of aromatic nitrogens is 2. The molecule has 0 aliphatic carbocycles. The van der Waals surface area contributed by atoms with Gasteiger partial charge in [0.1, 0.15) is 12.4 Å². The van der Waals surface area contributed by atoms with Crippen LogP contribution in [-0.2, 0) is 20.9 Å². The molecule has 184 valence electrons. The van der Waals surface area contributed by atoms with E-state index in [0.29, 0.717) is 6.42 Å². The monoisotopic (exact) mass is 483 g/mol. The average Bonchev–Trinajstić information content (AvgIpc) is 3.39. The number of nitrogens with one attached hydrogen (secondary N) is 2. The fraction of sp³-hybridized carbons (Fsp3) is 0.261. The molecule has 3 aromatic rings. The summed E-state index contributed by atoms with van der Waals surface area (Å²) in [6.45, 7) is 0.745. The molecule has 0 saturated carbocycles. The van der Waals surface area contributed by atoms with Gasteiger partial charge in [-0.2, -0.15) is 0 Å². The number of nitrogens with two attached hydrogens (primary N) is 1. The van der Waals surface area contributed by atoms with E-state index >= 15 is 0 Å². The number of furan rings is 1. The number of hydrogen-bond acceptors (Lipinski definition) is 8. The number of nitrogens with zero attached hydrogens (tertiary/aromatic N) is 2. The van der Waals surface area contributed by atoms with E-state index in [1.807, 2.05) is 6.07 Å². The fourth-order valence-electron chi connectivity index (χ4n) is 3.26. The molecule has 0 saturated heterocycles. The number of benzene rings is 1. The van der Waals surface area contributed by atoms with Crippen LogP contribution in [-0.4, -0.2) is 47.0 Å². The van der Waals surface area contributed by atoms with Gasteiger partial charge in [-0.1, -0.05) is 37.3 Å². The standard InChI is InChI=1S/C23H25N5O7/c1-2-10-27(17(29)14-35-18(30)12-25-21(31)16-9-6-11-34-16)19-20(24)28(23(33)26-22(19)32)13-15-7-4-3-5-8-15/h3-9,11H,2,10,12-14,24H2,1H3,(H,25,31)(H,26,32,33). The molecule has 1 aromatic carbocycles. The van der Waals surface area contributed by atoms with Crippen molar-refractivity contribution in [3.63, 3.8) is 0 Å². The van der Waals surface area contributed by atoms with Crippen LogP contribution < -0.4 is 27.2 Å². The number of hydrogen-bond donors (Lipinski definition) is 3. The minimum Gasteiger partial charge on any atom is -0.459 e. The zero-order chi connectivity index (χ0) is 25.4. The second-order valence-electron chi connectivity index (χ2n) is 7.43. The van der Waals surface area contributed by atoms with Crippen LogP contribution >= 0.6 is 0 Å². The van der Waals surface area contributed by atoms with Gasteiger partial charge in [-0.3, -0.25) is 28.7 Å². The molecule has 2 aromatic heterocycles. The second-order valence-corrected chi connectivity index (χ2v) is 7.43. The molecule has 35 heavy (non-hydrogen) atoms. The Morgan fingerprint density at radius 3 is 2.54 bits per heavy atom.